The molecule has 1 aliphatic rings. The minimum absolute atomic E-state index is 0.103. The number of hydrogen-bond donors (Lipinski definition) is 1. The fourth-order valence-corrected chi connectivity index (χ4v) is 5.41. The fourth-order valence-electron chi connectivity index (χ4n) is 4.44. The van der Waals surface area contributed by atoms with Crippen molar-refractivity contribution >= 4 is 39.1 Å². The summed E-state index contributed by atoms with van der Waals surface area (Å²) in [6.07, 6.45) is 5.43. The molecule has 1 N–H and O–H groups in total. The molecule has 0 radical (unpaired) electrons. The van der Waals surface area contributed by atoms with E-state index in [1.807, 2.05) is 6.92 Å². The molecule has 0 bridgehead atoms. The first-order chi connectivity index (χ1) is 17.1. The highest BCUT2D eigenvalue weighted by Crippen LogP contribution is 2.23. The van der Waals surface area contributed by atoms with Gasteiger partial charge in [-0.15, -0.1) is 0 Å². The predicted octanol–water partition coefficient (Wildman–Crippen LogP) is 3.98. The summed E-state index contributed by atoms with van der Waals surface area (Å²) in [5.41, 5.74) is 1.12. The Hall–Kier alpha value is -2.78. The number of methoxy groups -OCH3 is 1. The molecule has 1 saturated carbocycles. The number of sulfonamides is 1. The molecular formula is C26H34ClN3O5S. The first-order valence-corrected chi connectivity index (χ1v) is 14.3. The lowest BCUT2D eigenvalue weighted by atomic mass is 10.1. The van der Waals surface area contributed by atoms with Crippen molar-refractivity contribution in [3.63, 3.8) is 0 Å². The molecule has 0 aromatic heterocycles. The molecule has 0 heterocycles. The van der Waals surface area contributed by atoms with Crippen LogP contribution in [0.25, 0.3) is 0 Å². The number of nitrogens with one attached hydrogen (secondary N) is 1. The number of anilines is 1. The van der Waals surface area contributed by atoms with E-state index in [4.69, 9.17) is 16.3 Å². The Morgan fingerprint density at radius 3 is 2.22 bits per heavy atom. The van der Waals surface area contributed by atoms with Gasteiger partial charge in [0, 0.05) is 17.6 Å². The molecule has 3 rings (SSSR count). The molecule has 2 aromatic carbocycles. The lowest BCUT2D eigenvalue weighted by Crippen LogP contribution is -2.53. The van der Waals surface area contributed by atoms with Crippen molar-refractivity contribution in [3.8, 4) is 5.75 Å². The molecule has 2 aromatic rings. The summed E-state index contributed by atoms with van der Waals surface area (Å²) >= 11 is 6.03. The number of nitrogens with zero attached hydrogens (tertiary/aromatic N) is 2. The zero-order chi connectivity index (χ0) is 26.3. The van der Waals surface area contributed by atoms with Crippen molar-refractivity contribution in [3.05, 3.63) is 59.1 Å². The van der Waals surface area contributed by atoms with Crippen LogP contribution in [0, 0.1) is 0 Å². The van der Waals surface area contributed by atoms with Gasteiger partial charge in [0.15, 0.2) is 0 Å². The molecular weight excluding hydrogens is 502 g/mol. The van der Waals surface area contributed by atoms with E-state index >= 15 is 0 Å². The zero-order valence-corrected chi connectivity index (χ0v) is 22.5. The van der Waals surface area contributed by atoms with Gasteiger partial charge < -0.3 is 15.0 Å². The van der Waals surface area contributed by atoms with Gasteiger partial charge in [-0.05, 0) is 61.2 Å². The Kier molecular flexibility index (Phi) is 9.62. The average molecular weight is 536 g/mol. The minimum atomic E-state index is -3.79. The van der Waals surface area contributed by atoms with Gasteiger partial charge in [-0.2, -0.15) is 0 Å². The maximum Gasteiger partial charge on any atom is 0.244 e. The van der Waals surface area contributed by atoms with Crippen LogP contribution in [0.2, 0.25) is 5.02 Å². The molecule has 0 aliphatic heterocycles. The Bertz CT molecular complexity index is 1130. The van der Waals surface area contributed by atoms with Crippen LogP contribution >= 0.6 is 11.6 Å². The van der Waals surface area contributed by atoms with Gasteiger partial charge in [0.25, 0.3) is 0 Å². The van der Waals surface area contributed by atoms with E-state index in [9.17, 15) is 18.0 Å². The summed E-state index contributed by atoms with van der Waals surface area (Å²) in [7, 11) is -2.27. The normalized spacial score (nSPS) is 14.8. The topological polar surface area (TPSA) is 96.0 Å². The third kappa shape index (κ3) is 7.36. The second-order valence-electron chi connectivity index (χ2n) is 9.03. The largest absolute Gasteiger partial charge is 0.497 e. The average Bonchev–Trinajstić information content (AvgIpc) is 3.36. The Morgan fingerprint density at radius 1 is 1.08 bits per heavy atom. The van der Waals surface area contributed by atoms with E-state index in [1.54, 1.807) is 48.5 Å². The third-order valence-electron chi connectivity index (χ3n) is 6.39. The molecule has 196 valence electrons. The van der Waals surface area contributed by atoms with E-state index in [0.29, 0.717) is 22.9 Å². The number of benzene rings is 2. The van der Waals surface area contributed by atoms with Crippen molar-refractivity contribution < 1.29 is 22.7 Å². The Labute approximate surface area is 218 Å². The highest BCUT2D eigenvalue weighted by atomic mass is 35.5. The summed E-state index contributed by atoms with van der Waals surface area (Å²) in [6.45, 7) is 1.55. The van der Waals surface area contributed by atoms with Crippen LogP contribution in [0.1, 0.15) is 44.6 Å². The lowest BCUT2D eigenvalue weighted by Gasteiger charge is -2.33. The van der Waals surface area contributed by atoms with E-state index in [1.165, 1.54) is 12.0 Å². The highest BCUT2D eigenvalue weighted by molar-refractivity contribution is 7.92. The van der Waals surface area contributed by atoms with Crippen LogP contribution in [-0.4, -0.2) is 57.1 Å². The number of hydrogen-bond acceptors (Lipinski definition) is 5. The van der Waals surface area contributed by atoms with Crippen LogP contribution < -0.4 is 14.4 Å². The smallest absolute Gasteiger partial charge is 0.244 e. The van der Waals surface area contributed by atoms with E-state index in [2.05, 4.69) is 5.32 Å². The monoisotopic (exact) mass is 535 g/mol. The highest BCUT2D eigenvalue weighted by Gasteiger charge is 2.33. The molecule has 2 amide bonds. The molecule has 1 aliphatic carbocycles. The number of carbonyl (C=O) groups is 2. The van der Waals surface area contributed by atoms with Gasteiger partial charge >= 0.3 is 0 Å². The number of ether oxygens (including phenoxy) is 1. The molecule has 0 unspecified atom stereocenters. The zero-order valence-electron chi connectivity index (χ0n) is 20.9. The molecule has 8 nitrogen and oxygen atoms in total. The van der Waals surface area contributed by atoms with E-state index < -0.39 is 28.5 Å². The summed E-state index contributed by atoms with van der Waals surface area (Å²) in [4.78, 5) is 28.4. The van der Waals surface area contributed by atoms with Crippen LogP contribution in [0.3, 0.4) is 0 Å². The molecule has 1 atom stereocenters. The first kappa shape index (κ1) is 27.8. The van der Waals surface area contributed by atoms with Crippen molar-refractivity contribution in [2.75, 3.05) is 24.2 Å². The van der Waals surface area contributed by atoms with Crippen molar-refractivity contribution in [2.45, 2.75) is 57.7 Å². The molecule has 0 saturated heterocycles. The third-order valence-corrected chi connectivity index (χ3v) is 7.79. The van der Waals surface area contributed by atoms with Gasteiger partial charge in [-0.3, -0.25) is 13.9 Å². The number of carbonyl (C=O) groups excluding carboxylic acids is 2. The fraction of sp³-hybridized carbons (Fsp3) is 0.462. The van der Waals surface area contributed by atoms with Crippen molar-refractivity contribution in [2.24, 2.45) is 0 Å². The van der Waals surface area contributed by atoms with E-state index in [0.717, 1.165) is 41.8 Å². The first-order valence-electron chi connectivity index (χ1n) is 12.1. The Balaban J connectivity index is 1.90. The number of amides is 2. The van der Waals surface area contributed by atoms with Crippen molar-refractivity contribution in [1.82, 2.24) is 10.2 Å². The maximum atomic E-state index is 13.7. The SMILES string of the molecule is CC[C@H](C(=O)NC1CCCC1)N(Cc1ccc(Cl)cc1)C(=O)CN(c1ccc(OC)cc1)S(C)(=O)=O. The van der Waals surface area contributed by atoms with Crippen LogP contribution in [0.15, 0.2) is 48.5 Å². The second-order valence-corrected chi connectivity index (χ2v) is 11.4. The van der Waals surface area contributed by atoms with E-state index in [-0.39, 0.29) is 18.5 Å². The summed E-state index contributed by atoms with van der Waals surface area (Å²) < 4.78 is 31.6. The lowest BCUT2D eigenvalue weighted by molar-refractivity contribution is -0.140. The summed E-state index contributed by atoms with van der Waals surface area (Å²) in [5, 5.41) is 3.65. The standard InChI is InChI=1S/C26H34ClN3O5S/c1-4-24(26(32)28-21-7-5-6-8-21)29(17-19-9-11-20(27)12-10-19)25(31)18-30(36(3,33)34)22-13-15-23(35-2)16-14-22/h9-16,21,24H,4-8,17-18H2,1-3H3,(H,28,32)/t24-/m1/s1. The predicted molar refractivity (Wildman–Crippen MR) is 142 cm³/mol. The van der Waals surface area contributed by atoms with Crippen LogP contribution in [0.4, 0.5) is 5.69 Å². The van der Waals surface area contributed by atoms with Crippen LogP contribution in [-0.2, 0) is 26.2 Å². The molecule has 0 spiro atoms. The van der Waals surface area contributed by atoms with Crippen LogP contribution in [0.5, 0.6) is 5.75 Å². The number of halogens is 1. The summed E-state index contributed by atoms with van der Waals surface area (Å²) in [6, 6.07) is 12.8. The summed E-state index contributed by atoms with van der Waals surface area (Å²) in [5.74, 6) is -0.126. The van der Waals surface area contributed by atoms with Gasteiger partial charge in [0.1, 0.15) is 18.3 Å². The van der Waals surface area contributed by atoms with Gasteiger partial charge in [0.05, 0.1) is 19.1 Å². The second kappa shape index (κ2) is 12.5. The number of rotatable bonds is 11. The molecule has 36 heavy (non-hydrogen) atoms. The minimum Gasteiger partial charge on any atom is -0.497 e. The molecule has 10 heteroatoms. The van der Waals surface area contributed by atoms with Gasteiger partial charge in [-0.1, -0.05) is 43.5 Å². The van der Waals surface area contributed by atoms with Crippen molar-refractivity contribution in [1.29, 1.82) is 0 Å². The maximum absolute atomic E-state index is 13.7. The van der Waals surface area contributed by atoms with Gasteiger partial charge in [0.2, 0.25) is 21.8 Å². The molecule has 1 fully saturated rings. The Morgan fingerprint density at radius 2 is 1.69 bits per heavy atom. The van der Waals surface area contributed by atoms with Gasteiger partial charge in [-0.25, -0.2) is 8.42 Å². The quantitative estimate of drug-likeness (QED) is 0.469.